The molecule has 0 aromatic heterocycles. The quantitative estimate of drug-likeness (QED) is 0.210. The van der Waals surface area contributed by atoms with Crippen LogP contribution in [0.3, 0.4) is 0 Å². The zero-order chi connectivity index (χ0) is 22.1. The van der Waals surface area contributed by atoms with Crippen molar-refractivity contribution in [3.8, 4) is 11.5 Å². The number of aromatic hydroxyl groups is 1. The molecule has 3 atom stereocenters. The van der Waals surface area contributed by atoms with Crippen molar-refractivity contribution in [3.05, 3.63) is 93.1 Å². The van der Waals surface area contributed by atoms with Crippen molar-refractivity contribution < 1.29 is 9.84 Å². The van der Waals surface area contributed by atoms with Crippen molar-refractivity contribution in [1.82, 2.24) is 0 Å². The maximum Gasteiger partial charge on any atom is 0.171 e. The molecule has 2 aliphatic rings. The Morgan fingerprint density at radius 1 is 1.16 bits per heavy atom. The lowest BCUT2D eigenvalue weighted by atomic mass is 9.77. The van der Waals surface area contributed by atoms with E-state index in [-0.39, 0.29) is 11.8 Å². The van der Waals surface area contributed by atoms with Gasteiger partial charge in [0.15, 0.2) is 11.5 Å². The van der Waals surface area contributed by atoms with Gasteiger partial charge in [0.2, 0.25) is 0 Å². The van der Waals surface area contributed by atoms with E-state index in [1.807, 2.05) is 25.3 Å². The second kappa shape index (κ2) is 8.98. The first-order valence-corrected chi connectivity index (χ1v) is 12.0. The molecule has 0 spiro atoms. The largest absolute Gasteiger partial charge is 0.504 e. The molecule has 3 aromatic carbocycles. The number of fused-ring (bicyclic) bond motifs is 3. The summed E-state index contributed by atoms with van der Waals surface area (Å²) >= 11 is 2.11. The molecule has 0 unspecified atom stereocenters. The number of anilines is 1. The molecule has 4 nitrogen and oxygen atoms in total. The molecule has 1 aliphatic carbocycles. The van der Waals surface area contributed by atoms with E-state index in [4.69, 9.17) is 4.74 Å². The molecule has 0 saturated carbocycles. The summed E-state index contributed by atoms with van der Waals surface area (Å²) in [5, 5.41) is 13.9. The molecular formula is C27H25IN2O2. The average Bonchev–Trinajstić information content (AvgIpc) is 3.31. The number of ether oxygens (including phenoxy) is 1. The molecule has 32 heavy (non-hydrogen) atoms. The van der Waals surface area contributed by atoms with Crippen LogP contribution in [0, 0.1) is 9.49 Å². The Balaban J connectivity index is 1.36. The van der Waals surface area contributed by atoms with Gasteiger partial charge in [-0.1, -0.05) is 42.5 Å². The van der Waals surface area contributed by atoms with Crippen LogP contribution >= 0.6 is 22.6 Å². The van der Waals surface area contributed by atoms with Crippen LogP contribution in [-0.4, -0.2) is 17.9 Å². The normalized spacial score (nSPS) is 21.2. The van der Waals surface area contributed by atoms with Gasteiger partial charge in [0, 0.05) is 17.8 Å². The Kier molecular flexibility index (Phi) is 5.91. The molecular weight excluding hydrogens is 511 g/mol. The number of aliphatic imine (C=N–C) groups is 1. The van der Waals surface area contributed by atoms with Crippen LogP contribution in [0.15, 0.2) is 77.8 Å². The summed E-state index contributed by atoms with van der Waals surface area (Å²) in [5.41, 5.74) is 5.71. The number of halogens is 1. The van der Waals surface area contributed by atoms with Crippen LogP contribution in [0.4, 0.5) is 11.4 Å². The lowest BCUT2D eigenvalue weighted by Gasteiger charge is -2.37. The summed E-state index contributed by atoms with van der Waals surface area (Å²) in [7, 11) is 0. The van der Waals surface area contributed by atoms with Crippen molar-refractivity contribution in [3.63, 3.8) is 0 Å². The SMILES string of the molecule is CCOc1cc(C=Nc2ccc([C@@H]3Nc4ccccc4[C@H]4C=CC[C@H]43)cc2)cc(I)c1O. The third-order valence-electron chi connectivity index (χ3n) is 6.24. The van der Waals surface area contributed by atoms with Gasteiger partial charge in [-0.15, -0.1) is 0 Å². The predicted molar refractivity (Wildman–Crippen MR) is 138 cm³/mol. The molecule has 0 saturated heterocycles. The van der Waals surface area contributed by atoms with Gasteiger partial charge in [0.25, 0.3) is 0 Å². The van der Waals surface area contributed by atoms with E-state index in [0.717, 1.165) is 21.2 Å². The Morgan fingerprint density at radius 2 is 1.97 bits per heavy atom. The van der Waals surface area contributed by atoms with Crippen molar-refractivity contribution in [2.45, 2.75) is 25.3 Å². The smallest absolute Gasteiger partial charge is 0.171 e. The predicted octanol–water partition coefficient (Wildman–Crippen LogP) is 6.97. The molecule has 3 aromatic rings. The number of hydrogen-bond acceptors (Lipinski definition) is 4. The van der Waals surface area contributed by atoms with Gasteiger partial charge in [0.05, 0.1) is 21.9 Å². The Hall–Kier alpha value is -2.80. The van der Waals surface area contributed by atoms with Crippen molar-refractivity contribution in [1.29, 1.82) is 0 Å². The summed E-state index contributed by atoms with van der Waals surface area (Å²) in [5.74, 6) is 1.68. The highest BCUT2D eigenvalue weighted by Crippen LogP contribution is 2.49. The van der Waals surface area contributed by atoms with Gasteiger partial charge in [-0.05, 0) is 88.9 Å². The van der Waals surface area contributed by atoms with Gasteiger partial charge in [-0.2, -0.15) is 0 Å². The number of phenolic OH excluding ortho intramolecular Hbond substituents is 1. The number of rotatable bonds is 5. The second-order valence-electron chi connectivity index (χ2n) is 8.19. The first kappa shape index (κ1) is 21.1. The molecule has 1 aliphatic heterocycles. The summed E-state index contributed by atoms with van der Waals surface area (Å²) in [6.45, 7) is 2.40. The van der Waals surface area contributed by atoms with E-state index in [0.29, 0.717) is 24.2 Å². The highest BCUT2D eigenvalue weighted by molar-refractivity contribution is 14.1. The maximum atomic E-state index is 10.1. The Labute approximate surface area is 202 Å². The van der Waals surface area contributed by atoms with Gasteiger partial charge in [-0.25, -0.2) is 0 Å². The number of para-hydroxylation sites is 1. The zero-order valence-electron chi connectivity index (χ0n) is 17.8. The minimum absolute atomic E-state index is 0.176. The van der Waals surface area contributed by atoms with Crippen molar-refractivity contribution in [2.24, 2.45) is 10.9 Å². The van der Waals surface area contributed by atoms with Crippen molar-refractivity contribution >= 4 is 40.2 Å². The zero-order valence-corrected chi connectivity index (χ0v) is 20.0. The first-order valence-electron chi connectivity index (χ1n) is 11.0. The number of phenols is 1. The molecule has 2 N–H and O–H groups in total. The molecule has 0 bridgehead atoms. The summed E-state index contributed by atoms with van der Waals surface area (Å²) < 4.78 is 6.27. The molecule has 0 fully saturated rings. The van der Waals surface area contributed by atoms with E-state index in [1.165, 1.54) is 16.8 Å². The summed E-state index contributed by atoms with van der Waals surface area (Å²) in [6, 6.07) is 21.1. The van der Waals surface area contributed by atoms with Crippen LogP contribution in [0.5, 0.6) is 11.5 Å². The number of benzene rings is 3. The van der Waals surface area contributed by atoms with Crippen LogP contribution in [-0.2, 0) is 0 Å². The highest BCUT2D eigenvalue weighted by atomic mass is 127. The van der Waals surface area contributed by atoms with Gasteiger partial charge in [-0.3, -0.25) is 4.99 Å². The van der Waals surface area contributed by atoms with Crippen molar-refractivity contribution in [2.75, 3.05) is 11.9 Å². The molecule has 5 heteroatoms. The second-order valence-corrected chi connectivity index (χ2v) is 9.36. The Bertz CT molecular complexity index is 1190. The lowest BCUT2D eigenvalue weighted by Crippen LogP contribution is -2.28. The molecule has 0 radical (unpaired) electrons. The van der Waals surface area contributed by atoms with E-state index in [1.54, 1.807) is 0 Å². The molecule has 162 valence electrons. The molecule has 5 rings (SSSR count). The topological polar surface area (TPSA) is 53.8 Å². The number of nitrogens with one attached hydrogen (secondary N) is 1. The number of allylic oxidation sites excluding steroid dienone is 2. The number of nitrogens with zero attached hydrogens (tertiary/aromatic N) is 1. The van der Waals surface area contributed by atoms with E-state index < -0.39 is 0 Å². The summed E-state index contributed by atoms with van der Waals surface area (Å²) in [6.07, 6.45) is 7.59. The van der Waals surface area contributed by atoms with Crippen LogP contribution in [0.2, 0.25) is 0 Å². The van der Waals surface area contributed by atoms with Gasteiger partial charge >= 0.3 is 0 Å². The van der Waals surface area contributed by atoms with E-state index in [2.05, 4.69) is 93.6 Å². The summed E-state index contributed by atoms with van der Waals surface area (Å²) in [4.78, 5) is 4.64. The average molecular weight is 536 g/mol. The third kappa shape index (κ3) is 4.01. The monoisotopic (exact) mass is 536 g/mol. The minimum atomic E-state index is 0.176. The fraction of sp³-hybridized carbons (Fsp3) is 0.222. The highest BCUT2D eigenvalue weighted by Gasteiger charge is 2.37. The number of hydrogen-bond donors (Lipinski definition) is 2. The van der Waals surface area contributed by atoms with E-state index in [9.17, 15) is 5.11 Å². The molecule has 1 heterocycles. The van der Waals surface area contributed by atoms with E-state index >= 15 is 0 Å². The fourth-order valence-electron chi connectivity index (χ4n) is 4.72. The standard InChI is InChI=1S/C27H25IN2O2/c1-2-32-25-15-17(14-23(28)27(25)31)16-29-19-12-10-18(11-13-19)26-22-8-5-7-20(22)21-6-3-4-9-24(21)30-26/h3-7,9-16,20,22,26,30-31H,2,8H2,1H3/t20-,22-,26+/m1/s1. The lowest BCUT2D eigenvalue weighted by molar-refractivity contribution is 0.317. The molecule has 0 amide bonds. The fourth-order valence-corrected chi connectivity index (χ4v) is 5.35. The van der Waals surface area contributed by atoms with Crippen LogP contribution < -0.4 is 10.1 Å². The van der Waals surface area contributed by atoms with Gasteiger partial charge < -0.3 is 15.2 Å². The Morgan fingerprint density at radius 3 is 2.78 bits per heavy atom. The third-order valence-corrected chi connectivity index (χ3v) is 7.06. The first-order chi connectivity index (χ1) is 15.6. The van der Waals surface area contributed by atoms with Crippen LogP contribution in [0.25, 0.3) is 0 Å². The van der Waals surface area contributed by atoms with Gasteiger partial charge in [0.1, 0.15) is 0 Å². The van der Waals surface area contributed by atoms with Crippen LogP contribution in [0.1, 0.15) is 42.0 Å². The maximum absolute atomic E-state index is 10.1. The minimum Gasteiger partial charge on any atom is -0.504 e.